The third-order valence-corrected chi connectivity index (χ3v) is 4.58. The molecule has 6 nitrogen and oxygen atoms in total. The summed E-state index contributed by atoms with van der Waals surface area (Å²) in [6, 6.07) is 3.73. The van der Waals surface area contributed by atoms with E-state index in [0.717, 1.165) is 15.8 Å². The lowest BCUT2D eigenvalue weighted by molar-refractivity contribution is 0.102. The maximum absolute atomic E-state index is 12.3. The SMILES string of the molecule is COc1nn(C)cc1C(=O)Nc1nc2c(C)ccc(Cl)c2s1. The van der Waals surface area contributed by atoms with E-state index in [-0.39, 0.29) is 11.8 Å². The number of nitrogens with zero attached hydrogens (tertiary/aromatic N) is 3. The van der Waals surface area contributed by atoms with Crippen LogP contribution in [0.1, 0.15) is 15.9 Å². The van der Waals surface area contributed by atoms with E-state index in [0.29, 0.717) is 15.7 Å². The van der Waals surface area contributed by atoms with Gasteiger partial charge in [0.1, 0.15) is 5.56 Å². The third kappa shape index (κ3) is 2.53. The first-order chi connectivity index (χ1) is 10.5. The Bertz CT molecular complexity index is 832. The van der Waals surface area contributed by atoms with Crippen molar-refractivity contribution < 1.29 is 9.53 Å². The van der Waals surface area contributed by atoms with Gasteiger partial charge in [0.05, 0.1) is 22.3 Å². The molecule has 114 valence electrons. The zero-order chi connectivity index (χ0) is 15.9. The average molecular weight is 337 g/mol. The summed E-state index contributed by atoms with van der Waals surface area (Å²) in [7, 11) is 3.19. The van der Waals surface area contributed by atoms with Crippen LogP contribution in [0.2, 0.25) is 5.02 Å². The van der Waals surface area contributed by atoms with Gasteiger partial charge in [-0.2, -0.15) is 0 Å². The maximum Gasteiger partial charge on any atom is 0.264 e. The van der Waals surface area contributed by atoms with E-state index in [1.54, 1.807) is 13.2 Å². The van der Waals surface area contributed by atoms with Crippen LogP contribution in [0.25, 0.3) is 10.2 Å². The molecule has 0 saturated carbocycles. The van der Waals surface area contributed by atoms with Crippen LogP contribution in [-0.4, -0.2) is 27.8 Å². The number of rotatable bonds is 3. The van der Waals surface area contributed by atoms with Crippen molar-refractivity contribution in [1.29, 1.82) is 0 Å². The van der Waals surface area contributed by atoms with E-state index < -0.39 is 0 Å². The summed E-state index contributed by atoms with van der Waals surface area (Å²) in [5.41, 5.74) is 2.16. The molecule has 1 amide bonds. The fourth-order valence-corrected chi connectivity index (χ4v) is 3.31. The standard InChI is InChI=1S/C14H13ClN4O2S/c1-7-4-5-9(15)11-10(7)16-14(22-11)17-12(20)8-6-19(2)18-13(8)21-3/h4-6H,1-3H3,(H,16,17,20). The summed E-state index contributed by atoms with van der Waals surface area (Å²) < 4.78 is 7.47. The van der Waals surface area contributed by atoms with E-state index in [2.05, 4.69) is 15.4 Å². The Kier molecular flexibility index (Phi) is 3.76. The van der Waals surface area contributed by atoms with E-state index in [9.17, 15) is 4.79 Å². The molecule has 0 aliphatic carbocycles. The zero-order valence-corrected chi connectivity index (χ0v) is 13.7. The molecule has 8 heteroatoms. The highest BCUT2D eigenvalue weighted by atomic mass is 35.5. The number of nitrogens with one attached hydrogen (secondary N) is 1. The van der Waals surface area contributed by atoms with Gasteiger partial charge >= 0.3 is 0 Å². The maximum atomic E-state index is 12.3. The molecule has 3 aromatic rings. The Morgan fingerprint density at radius 2 is 2.23 bits per heavy atom. The Morgan fingerprint density at radius 1 is 1.45 bits per heavy atom. The molecule has 1 N–H and O–H groups in total. The summed E-state index contributed by atoms with van der Waals surface area (Å²) in [6.45, 7) is 1.95. The van der Waals surface area contributed by atoms with Gasteiger partial charge in [0.15, 0.2) is 5.13 Å². The van der Waals surface area contributed by atoms with Crippen LogP contribution in [0.5, 0.6) is 5.88 Å². The van der Waals surface area contributed by atoms with Crippen LogP contribution >= 0.6 is 22.9 Å². The predicted molar refractivity (Wildman–Crippen MR) is 87.1 cm³/mol. The fourth-order valence-electron chi connectivity index (χ4n) is 2.09. The van der Waals surface area contributed by atoms with Gasteiger partial charge in [-0.1, -0.05) is 29.0 Å². The smallest absolute Gasteiger partial charge is 0.264 e. The Balaban J connectivity index is 1.94. The monoisotopic (exact) mass is 336 g/mol. The molecule has 0 spiro atoms. The first-order valence-corrected chi connectivity index (χ1v) is 7.63. The van der Waals surface area contributed by atoms with E-state index in [4.69, 9.17) is 16.3 Å². The molecule has 0 aliphatic heterocycles. The number of amides is 1. The van der Waals surface area contributed by atoms with Crippen molar-refractivity contribution in [2.24, 2.45) is 7.05 Å². The van der Waals surface area contributed by atoms with Gasteiger partial charge in [0.25, 0.3) is 5.91 Å². The highest BCUT2D eigenvalue weighted by molar-refractivity contribution is 7.23. The molecule has 1 aromatic carbocycles. The second kappa shape index (κ2) is 5.58. The number of hydrogen-bond donors (Lipinski definition) is 1. The molecular formula is C14H13ClN4O2S. The molecule has 2 aromatic heterocycles. The van der Waals surface area contributed by atoms with Gasteiger partial charge in [-0.25, -0.2) is 4.98 Å². The number of hydrogen-bond acceptors (Lipinski definition) is 5. The number of ether oxygens (including phenoxy) is 1. The predicted octanol–water partition coefficient (Wildman–Crippen LogP) is 3.25. The van der Waals surface area contributed by atoms with Crippen molar-refractivity contribution in [2.75, 3.05) is 12.4 Å². The first kappa shape index (κ1) is 14.8. The molecule has 0 aliphatic rings. The first-order valence-electron chi connectivity index (χ1n) is 6.44. The highest BCUT2D eigenvalue weighted by Crippen LogP contribution is 2.34. The average Bonchev–Trinajstić information content (AvgIpc) is 3.07. The number of fused-ring (bicyclic) bond motifs is 1. The number of aryl methyl sites for hydroxylation is 2. The molecule has 3 rings (SSSR count). The second-order valence-electron chi connectivity index (χ2n) is 4.74. The van der Waals surface area contributed by atoms with Gasteiger partial charge in [-0.3, -0.25) is 14.8 Å². The second-order valence-corrected chi connectivity index (χ2v) is 6.15. The van der Waals surface area contributed by atoms with E-state index in [1.165, 1.54) is 23.1 Å². The summed E-state index contributed by atoms with van der Waals surface area (Å²) in [5.74, 6) is -0.0481. The lowest BCUT2D eigenvalue weighted by atomic mass is 10.2. The minimum absolute atomic E-state index is 0.273. The number of methoxy groups -OCH3 is 1. The summed E-state index contributed by atoms with van der Waals surface area (Å²) >= 11 is 7.51. The summed E-state index contributed by atoms with van der Waals surface area (Å²) in [4.78, 5) is 16.8. The quantitative estimate of drug-likeness (QED) is 0.797. The molecule has 0 atom stereocenters. The highest BCUT2D eigenvalue weighted by Gasteiger charge is 2.18. The fraction of sp³-hybridized carbons (Fsp3) is 0.214. The molecule has 0 bridgehead atoms. The van der Waals surface area contributed by atoms with E-state index >= 15 is 0 Å². The number of carbonyl (C=O) groups is 1. The molecule has 2 heterocycles. The lowest BCUT2D eigenvalue weighted by Crippen LogP contribution is -2.12. The molecule has 0 fully saturated rings. The Hall–Kier alpha value is -2.12. The van der Waals surface area contributed by atoms with Crippen LogP contribution in [0.3, 0.4) is 0 Å². The lowest BCUT2D eigenvalue weighted by Gasteiger charge is -2.00. The topological polar surface area (TPSA) is 69.0 Å². The van der Waals surface area contributed by atoms with Crippen molar-refractivity contribution in [3.8, 4) is 5.88 Å². The van der Waals surface area contributed by atoms with Gasteiger partial charge in [-0.15, -0.1) is 5.10 Å². The van der Waals surface area contributed by atoms with Crippen molar-refractivity contribution in [3.63, 3.8) is 0 Å². The van der Waals surface area contributed by atoms with Gasteiger partial charge in [0, 0.05) is 13.2 Å². The van der Waals surface area contributed by atoms with Crippen molar-refractivity contribution in [3.05, 3.63) is 34.5 Å². The molecule has 0 unspecified atom stereocenters. The number of thiazole rings is 1. The van der Waals surface area contributed by atoms with Crippen LogP contribution < -0.4 is 10.1 Å². The van der Waals surface area contributed by atoms with Crippen LogP contribution in [-0.2, 0) is 7.05 Å². The van der Waals surface area contributed by atoms with Gasteiger partial charge < -0.3 is 4.74 Å². The molecular weight excluding hydrogens is 324 g/mol. The van der Waals surface area contributed by atoms with Crippen LogP contribution in [0.15, 0.2) is 18.3 Å². The number of benzene rings is 1. The van der Waals surface area contributed by atoms with E-state index in [1.807, 2.05) is 19.1 Å². The number of anilines is 1. The number of carbonyl (C=O) groups excluding carboxylic acids is 1. The summed E-state index contributed by atoms with van der Waals surface area (Å²) in [6.07, 6.45) is 1.60. The molecule has 0 radical (unpaired) electrons. The Morgan fingerprint density at radius 3 is 2.91 bits per heavy atom. The van der Waals surface area contributed by atoms with Crippen LogP contribution in [0, 0.1) is 6.92 Å². The normalized spacial score (nSPS) is 10.9. The van der Waals surface area contributed by atoms with Gasteiger partial charge in [0.2, 0.25) is 5.88 Å². The van der Waals surface area contributed by atoms with Crippen molar-refractivity contribution >= 4 is 44.2 Å². The minimum atomic E-state index is -0.321. The van der Waals surface area contributed by atoms with Gasteiger partial charge in [-0.05, 0) is 18.6 Å². The number of halogens is 1. The van der Waals surface area contributed by atoms with Crippen molar-refractivity contribution in [1.82, 2.24) is 14.8 Å². The zero-order valence-electron chi connectivity index (χ0n) is 12.2. The minimum Gasteiger partial charge on any atom is -0.479 e. The largest absolute Gasteiger partial charge is 0.479 e. The Labute approximate surface area is 135 Å². The molecule has 0 saturated heterocycles. The molecule has 22 heavy (non-hydrogen) atoms. The van der Waals surface area contributed by atoms with Crippen molar-refractivity contribution in [2.45, 2.75) is 6.92 Å². The van der Waals surface area contributed by atoms with Crippen LogP contribution in [0.4, 0.5) is 5.13 Å². The summed E-state index contributed by atoms with van der Waals surface area (Å²) in [5, 5.41) is 7.94. The third-order valence-electron chi connectivity index (χ3n) is 3.15. The number of aromatic nitrogens is 3.